The third kappa shape index (κ3) is 5.37. The maximum atomic E-state index is 13.3. The van der Waals surface area contributed by atoms with Gasteiger partial charge in [0.1, 0.15) is 0 Å². The van der Waals surface area contributed by atoms with Gasteiger partial charge in [-0.2, -0.15) is 0 Å². The number of hydrogen-bond acceptors (Lipinski definition) is 4. The lowest BCUT2D eigenvalue weighted by Crippen LogP contribution is -2.24. The third-order valence-electron chi connectivity index (χ3n) is 2.83. The molecule has 0 saturated heterocycles. The van der Waals surface area contributed by atoms with E-state index in [1.807, 2.05) is 0 Å². The second kappa shape index (κ2) is 8.28. The van der Waals surface area contributed by atoms with Gasteiger partial charge in [-0.05, 0) is 30.7 Å². The van der Waals surface area contributed by atoms with Gasteiger partial charge in [-0.1, -0.05) is 12.1 Å². The highest BCUT2D eigenvalue weighted by Crippen LogP contribution is 2.21. The highest BCUT2D eigenvalue weighted by molar-refractivity contribution is 7.18. The Kier molecular flexibility index (Phi) is 6.10. The van der Waals surface area contributed by atoms with Crippen molar-refractivity contribution in [3.05, 3.63) is 47.1 Å². The number of amides is 2. The van der Waals surface area contributed by atoms with Crippen LogP contribution in [0.2, 0.25) is 0 Å². The van der Waals surface area contributed by atoms with Crippen LogP contribution in [0.15, 0.2) is 36.4 Å². The van der Waals surface area contributed by atoms with Gasteiger partial charge < -0.3 is 15.4 Å². The van der Waals surface area contributed by atoms with E-state index in [9.17, 15) is 14.0 Å². The predicted molar refractivity (Wildman–Crippen MR) is 87.5 cm³/mol. The van der Waals surface area contributed by atoms with Crippen LogP contribution in [0.25, 0.3) is 0 Å². The molecule has 0 aliphatic rings. The van der Waals surface area contributed by atoms with Gasteiger partial charge >= 0.3 is 0 Å². The van der Waals surface area contributed by atoms with E-state index < -0.39 is 5.82 Å². The summed E-state index contributed by atoms with van der Waals surface area (Å²) in [5, 5.41) is 6.01. The van der Waals surface area contributed by atoms with Crippen molar-refractivity contribution in [1.82, 2.24) is 5.32 Å². The molecule has 1 aromatic carbocycles. The quantitative estimate of drug-likeness (QED) is 0.764. The molecular weight excluding hydrogens is 319 g/mol. The number of hydrogen-bond donors (Lipinski definition) is 2. The molecule has 0 radical (unpaired) electrons. The number of halogens is 1. The summed E-state index contributed by atoms with van der Waals surface area (Å²) >= 11 is 1.21. The summed E-state index contributed by atoms with van der Waals surface area (Å²) in [7, 11) is 0. The van der Waals surface area contributed by atoms with Crippen molar-refractivity contribution in [2.45, 2.75) is 13.3 Å². The number of ether oxygens (including phenoxy) is 1. The fourth-order valence-corrected chi connectivity index (χ4v) is 2.67. The molecule has 0 saturated carbocycles. The Bertz CT molecular complexity index is 687. The van der Waals surface area contributed by atoms with Crippen molar-refractivity contribution in [2.24, 2.45) is 0 Å². The number of para-hydroxylation sites is 1. The molecule has 23 heavy (non-hydrogen) atoms. The second-order valence-corrected chi connectivity index (χ2v) is 5.82. The first-order valence-corrected chi connectivity index (χ1v) is 7.91. The summed E-state index contributed by atoms with van der Waals surface area (Å²) in [5.41, 5.74) is 0. The van der Waals surface area contributed by atoms with Gasteiger partial charge in [0, 0.05) is 13.5 Å². The number of carbonyl (C=O) groups is 2. The lowest BCUT2D eigenvalue weighted by molar-refractivity contribution is -0.114. The first kappa shape index (κ1) is 17.0. The second-order valence-electron chi connectivity index (χ2n) is 4.73. The minimum Gasteiger partial charge on any atom is -0.490 e. The van der Waals surface area contributed by atoms with E-state index >= 15 is 0 Å². The van der Waals surface area contributed by atoms with Gasteiger partial charge in [0.2, 0.25) is 5.91 Å². The Balaban J connectivity index is 1.69. The van der Waals surface area contributed by atoms with Gasteiger partial charge in [-0.3, -0.25) is 9.59 Å². The molecule has 7 heteroatoms. The average Bonchev–Trinajstić information content (AvgIpc) is 2.96. The fourth-order valence-electron chi connectivity index (χ4n) is 1.81. The molecule has 2 rings (SSSR count). The predicted octanol–water partition coefficient (Wildman–Crippen LogP) is 3.04. The van der Waals surface area contributed by atoms with Gasteiger partial charge in [0.15, 0.2) is 11.6 Å². The largest absolute Gasteiger partial charge is 0.490 e. The van der Waals surface area contributed by atoms with Crippen LogP contribution in [-0.2, 0) is 4.79 Å². The Morgan fingerprint density at radius 1 is 1.22 bits per heavy atom. The first-order valence-electron chi connectivity index (χ1n) is 7.09. The number of anilines is 1. The lowest BCUT2D eigenvalue weighted by atomic mass is 10.3. The number of carbonyl (C=O) groups excluding carboxylic acids is 2. The van der Waals surface area contributed by atoms with Gasteiger partial charge in [-0.15, -0.1) is 11.3 Å². The van der Waals surface area contributed by atoms with E-state index in [0.717, 1.165) is 0 Å². The van der Waals surface area contributed by atoms with Gasteiger partial charge in [0.25, 0.3) is 5.91 Å². The Morgan fingerprint density at radius 2 is 2.00 bits per heavy atom. The van der Waals surface area contributed by atoms with Crippen molar-refractivity contribution in [3.63, 3.8) is 0 Å². The molecule has 2 N–H and O–H groups in total. The monoisotopic (exact) mass is 336 g/mol. The third-order valence-corrected chi connectivity index (χ3v) is 3.83. The summed E-state index contributed by atoms with van der Waals surface area (Å²) < 4.78 is 18.6. The molecule has 1 heterocycles. The molecule has 122 valence electrons. The summed E-state index contributed by atoms with van der Waals surface area (Å²) in [4.78, 5) is 23.4. The molecule has 0 aliphatic heterocycles. The zero-order valence-corrected chi connectivity index (χ0v) is 13.4. The highest BCUT2D eigenvalue weighted by Gasteiger charge is 2.09. The normalized spacial score (nSPS) is 10.2. The molecular formula is C16H17FN2O3S. The molecule has 0 fully saturated rings. The zero-order chi connectivity index (χ0) is 16.7. The van der Waals surface area contributed by atoms with Crippen LogP contribution in [0.4, 0.5) is 9.39 Å². The van der Waals surface area contributed by atoms with E-state index in [0.29, 0.717) is 29.5 Å². The Labute approximate surface area is 137 Å². The molecule has 2 amide bonds. The van der Waals surface area contributed by atoms with E-state index in [1.165, 1.54) is 24.3 Å². The first-order chi connectivity index (χ1) is 11.1. The topological polar surface area (TPSA) is 67.4 Å². The maximum Gasteiger partial charge on any atom is 0.261 e. The van der Waals surface area contributed by atoms with Crippen LogP contribution in [0.5, 0.6) is 5.75 Å². The van der Waals surface area contributed by atoms with Crippen LogP contribution < -0.4 is 15.4 Å². The summed E-state index contributed by atoms with van der Waals surface area (Å²) in [5.74, 6) is -0.584. The Hall–Kier alpha value is -2.41. The van der Waals surface area contributed by atoms with Crippen LogP contribution in [-0.4, -0.2) is 25.0 Å². The van der Waals surface area contributed by atoms with E-state index in [-0.39, 0.29) is 17.6 Å². The maximum absolute atomic E-state index is 13.3. The van der Waals surface area contributed by atoms with Crippen LogP contribution in [0.1, 0.15) is 23.0 Å². The van der Waals surface area contributed by atoms with Crippen LogP contribution >= 0.6 is 11.3 Å². The number of thiophene rings is 1. The van der Waals surface area contributed by atoms with E-state index in [2.05, 4.69) is 10.6 Å². The number of rotatable bonds is 7. The van der Waals surface area contributed by atoms with E-state index in [4.69, 9.17) is 4.74 Å². The summed E-state index contributed by atoms with van der Waals surface area (Å²) in [6.45, 7) is 2.14. The molecule has 1 aromatic heterocycles. The molecule has 5 nitrogen and oxygen atoms in total. The number of benzene rings is 1. The minimum atomic E-state index is -0.402. The van der Waals surface area contributed by atoms with Crippen LogP contribution in [0, 0.1) is 5.82 Å². The number of nitrogens with one attached hydrogen (secondary N) is 2. The molecule has 0 unspecified atom stereocenters. The zero-order valence-electron chi connectivity index (χ0n) is 12.6. The molecule has 0 aliphatic carbocycles. The van der Waals surface area contributed by atoms with Gasteiger partial charge in [0.05, 0.1) is 16.5 Å². The standard InChI is InChI=1S/C16H17FN2O3S/c1-11(20)19-15-8-7-14(23-15)16(21)18-9-4-10-22-13-6-3-2-5-12(13)17/h2-3,5-8H,4,9-10H2,1H3,(H,18,21)(H,19,20). The van der Waals surface area contributed by atoms with Crippen LogP contribution in [0.3, 0.4) is 0 Å². The van der Waals surface area contributed by atoms with Crippen molar-refractivity contribution in [1.29, 1.82) is 0 Å². The van der Waals surface area contributed by atoms with E-state index in [1.54, 1.807) is 30.3 Å². The van der Waals surface area contributed by atoms with Crippen molar-refractivity contribution < 1.29 is 18.7 Å². The average molecular weight is 336 g/mol. The summed E-state index contributed by atoms with van der Waals surface area (Å²) in [6, 6.07) is 9.52. The van der Waals surface area contributed by atoms with Gasteiger partial charge in [-0.25, -0.2) is 4.39 Å². The fraction of sp³-hybridized carbons (Fsp3) is 0.250. The highest BCUT2D eigenvalue weighted by atomic mass is 32.1. The molecule has 0 bridgehead atoms. The van der Waals surface area contributed by atoms with Crippen molar-refractivity contribution in [2.75, 3.05) is 18.5 Å². The summed E-state index contributed by atoms with van der Waals surface area (Å²) in [6.07, 6.45) is 0.560. The Morgan fingerprint density at radius 3 is 2.74 bits per heavy atom. The molecule has 0 atom stereocenters. The SMILES string of the molecule is CC(=O)Nc1ccc(C(=O)NCCCOc2ccccc2F)s1. The lowest BCUT2D eigenvalue weighted by Gasteiger charge is -2.07. The van der Waals surface area contributed by atoms with Crippen molar-refractivity contribution >= 4 is 28.2 Å². The molecule has 2 aromatic rings. The van der Waals surface area contributed by atoms with Crippen molar-refractivity contribution in [3.8, 4) is 5.75 Å². The minimum absolute atomic E-state index is 0.177. The molecule has 0 spiro atoms. The smallest absolute Gasteiger partial charge is 0.261 e.